The van der Waals surface area contributed by atoms with Crippen molar-refractivity contribution in [3.8, 4) is 0 Å². The minimum Gasteiger partial charge on any atom is -0.359 e. The van der Waals surface area contributed by atoms with Crippen LogP contribution in [-0.4, -0.2) is 20.9 Å². The van der Waals surface area contributed by atoms with Crippen LogP contribution in [0.25, 0.3) is 10.9 Å². The van der Waals surface area contributed by atoms with E-state index in [9.17, 15) is 4.79 Å². The normalized spacial score (nSPS) is 10.6. The molecular weight excluding hydrogens is 240 g/mol. The zero-order valence-electron chi connectivity index (χ0n) is 10.3. The number of aromatic amines is 1. The summed E-state index contributed by atoms with van der Waals surface area (Å²) in [6, 6.07) is 7.73. The molecular formula is C14H12N4O. The minimum absolute atomic E-state index is 0.264. The first-order chi connectivity index (χ1) is 9.24. The molecule has 2 heterocycles. The summed E-state index contributed by atoms with van der Waals surface area (Å²) in [4.78, 5) is 23.1. The van der Waals surface area contributed by atoms with Gasteiger partial charge in [0.1, 0.15) is 5.69 Å². The summed E-state index contributed by atoms with van der Waals surface area (Å²) in [5.41, 5.74) is 3.11. The van der Waals surface area contributed by atoms with Gasteiger partial charge in [0.05, 0.1) is 11.9 Å². The molecule has 0 saturated heterocycles. The van der Waals surface area contributed by atoms with Gasteiger partial charge in [0.25, 0.3) is 5.91 Å². The van der Waals surface area contributed by atoms with Crippen molar-refractivity contribution in [2.75, 3.05) is 5.32 Å². The number of H-pyrrole nitrogens is 1. The van der Waals surface area contributed by atoms with E-state index in [0.717, 1.165) is 22.3 Å². The summed E-state index contributed by atoms with van der Waals surface area (Å²) < 4.78 is 0. The summed E-state index contributed by atoms with van der Waals surface area (Å²) in [7, 11) is 0. The second-order valence-electron chi connectivity index (χ2n) is 4.26. The van der Waals surface area contributed by atoms with Gasteiger partial charge in [-0.15, -0.1) is 0 Å². The number of carbonyl (C=O) groups excluding carboxylic acids is 1. The Morgan fingerprint density at radius 3 is 3.00 bits per heavy atom. The SMILES string of the molecule is Cc1cc2c(NC(=O)c3cnccn3)cccc2[nH]1. The second kappa shape index (κ2) is 4.53. The van der Waals surface area contributed by atoms with Crippen molar-refractivity contribution in [2.24, 2.45) is 0 Å². The van der Waals surface area contributed by atoms with Gasteiger partial charge in [-0.3, -0.25) is 9.78 Å². The predicted octanol–water partition coefficient (Wildman–Crippen LogP) is 2.52. The number of benzene rings is 1. The predicted molar refractivity (Wildman–Crippen MR) is 73.0 cm³/mol. The molecule has 1 aromatic carbocycles. The molecule has 0 atom stereocenters. The lowest BCUT2D eigenvalue weighted by Gasteiger charge is -2.05. The maximum Gasteiger partial charge on any atom is 0.275 e. The van der Waals surface area contributed by atoms with E-state index >= 15 is 0 Å². The van der Waals surface area contributed by atoms with Gasteiger partial charge < -0.3 is 10.3 Å². The van der Waals surface area contributed by atoms with Gasteiger partial charge in [0.2, 0.25) is 0 Å². The fourth-order valence-corrected chi connectivity index (χ4v) is 2.01. The molecule has 1 amide bonds. The van der Waals surface area contributed by atoms with Crippen LogP contribution in [0, 0.1) is 6.92 Å². The highest BCUT2D eigenvalue weighted by molar-refractivity contribution is 6.07. The van der Waals surface area contributed by atoms with E-state index in [1.807, 2.05) is 31.2 Å². The molecule has 19 heavy (non-hydrogen) atoms. The summed E-state index contributed by atoms with van der Waals surface area (Å²) in [6.45, 7) is 1.98. The number of aryl methyl sites for hydroxylation is 1. The number of nitrogens with one attached hydrogen (secondary N) is 2. The van der Waals surface area contributed by atoms with Gasteiger partial charge >= 0.3 is 0 Å². The highest BCUT2D eigenvalue weighted by Crippen LogP contribution is 2.24. The summed E-state index contributed by atoms with van der Waals surface area (Å²) in [5, 5.41) is 3.84. The van der Waals surface area contributed by atoms with Gasteiger partial charge in [0, 0.05) is 29.0 Å². The van der Waals surface area contributed by atoms with E-state index in [-0.39, 0.29) is 5.91 Å². The van der Waals surface area contributed by atoms with Crippen LogP contribution in [0.4, 0.5) is 5.69 Å². The quantitative estimate of drug-likeness (QED) is 0.736. The molecule has 0 unspecified atom stereocenters. The van der Waals surface area contributed by atoms with Crippen LogP contribution in [-0.2, 0) is 0 Å². The van der Waals surface area contributed by atoms with Crippen LogP contribution in [0.3, 0.4) is 0 Å². The fraction of sp³-hybridized carbons (Fsp3) is 0.0714. The Labute approximate surface area is 109 Å². The van der Waals surface area contributed by atoms with Crippen LogP contribution in [0.2, 0.25) is 0 Å². The Kier molecular flexibility index (Phi) is 2.72. The van der Waals surface area contributed by atoms with Crippen LogP contribution in [0.5, 0.6) is 0 Å². The third-order valence-corrected chi connectivity index (χ3v) is 2.84. The van der Waals surface area contributed by atoms with E-state index in [2.05, 4.69) is 20.3 Å². The van der Waals surface area contributed by atoms with E-state index in [4.69, 9.17) is 0 Å². The van der Waals surface area contributed by atoms with Crippen molar-refractivity contribution in [3.63, 3.8) is 0 Å². The summed E-state index contributed by atoms with van der Waals surface area (Å²) >= 11 is 0. The summed E-state index contributed by atoms with van der Waals surface area (Å²) in [5.74, 6) is -0.264. The molecule has 0 fully saturated rings. The number of hydrogen-bond acceptors (Lipinski definition) is 3. The van der Waals surface area contributed by atoms with Crippen LogP contribution in [0.1, 0.15) is 16.2 Å². The summed E-state index contributed by atoms with van der Waals surface area (Å²) in [6.07, 6.45) is 4.47. The minimum atomic E-state index is -0.264. The van der Waals surface area contributed by atoms with E-state index in [0.29, 0.717) is 5.69 Å². The second-order valence-corrected chi connectivity index (χ2v) is 4.26. The van der Waals surface area contributed by atoms with Crippen LogP contribution >= 0.6 is 0 Å². The topological polar surface area (TPSA) is 70.7 Å². The molecule has 94 valence electrons. The number of amides is 1. The molecule has 0 saturated carbocycles. The van der Waals surface area contributed by atoms with Gasteiger partial charge in [-0.25, -0.2) is 4.98 Å². The molecule has 5 nitrogen and oxygen atoms in total. The Hall–Kier alpha value is -2.69. The van der Waals surface area contributed by atoms with Crippen molar-refractivity contribution in [2.45, 2.75) is 6.92 Å². The number of carbonyl (C=O) groups is 1. The number of hydrogen-bond donors (Lipinski definition) is 2. The molecule has 0 aliphatic rings. The average Bonchev–Trinajstić information content (AvgIpc) is 2.81. The fourth-order valence-electron chi connectivity index (χ4n) is 2.01. The van der Waals surface area contributed by atoms with Gasteiger partial charge in [-0.1, -0.05) is 6.07 Å². The molecule has 0 aliphatic carbocycles. The van der Waals surface area contributed by atoms with Crippen molar-refractivity contribution >= 4 is 22.5 Å². The zero-order valence-corrected chi connectivity index (χ0v) is 10.3. The molecule has 5 heteroatoms. The molecule has 3 rings (SSSR count). The molecule has 3 aromatic rings. The average molecular weight is 252 g/mol. The lowest BCUT2D eigenvalue weighted by atomic mass is 10.2. The lowest BCUT2D eigenvalue weighted by molar-refractivity contribution is 0.102. The zero-order chi connectivity index (χ0) is 13.2. The van der Waals surface area contributed by atoms with E-state index in [1.165, 1.54) is 18.6 Å². The molecule has 2 aromatic heterocycles. The smallest absolute Gasteiger partial charge is 0.275 e. The Morgan fingerprint density at radius 1 is 1.32 bits per heavy atom. The first kappa shape index (κ1) is 11.4. The number of nitrogens with zero attached hydrogens (tertiary/aromatic N) is 2. The third-order valence-electron chi connectivity index (χ3n) is 2.84. The van der Waals surface area contributed by atoms with E-state index < -0.39 is 0 Å². The van der Waals surface area contributed by atoms with E-state index in [1.54, 1.807) is 0 Å². The number of fused-ring (bicyclic) bond motifs is 1. The lowest BCUT2D eigenvalue weighted by Crippen LogP contribution is -2.13. The first-order valence-electron chi connectivity index (χ1n) is 5.90. The van der Waals surface area contributed by atoms with Gasteiger partial charge in [-0.05, 0) is 25.1 Å². The number of rotatable bonds is 2. The van der Waals surface area contributed by atoms with Crippen LogP contribution < -0.4 is 5.32 Å². The largest absolute Gasteiger partial charge is 0.359 e. The number of aromatic nitrogens is 3. The Morgan fingerprint density at radius 2 is 2.21 bits per heavy atom. The Bertz CT molecular complexity index is 734. The maximum absolute atomic E-state index is 12.0. The van der Waals surface area contributed by atoms with Crippen LogP contribution in [0.15, 0.2) is 42.9 Å². The van der Waals surface area contributed by atoms with Gasteiger partial charge in [-0.2, -0.15) is 0 Å². The monoisotopic (exact) mass is 252 g/mol. The standard InChI is InChI=1S/C14H12N4O/c1-9-7-10-11(17-9)3-2-4-12(10)18-14(19)13-8-15-5-6-16-13/h2-8,17H,1H3,(H,18,19). The third kappa shape index (κ3) is 2.18. The Balaban J connectivity index is 1.95. The highest BCUT2D eigenvalue weighted by atomic mass is 16.1. The molecule has 0 bridgehead atoms. The first-order valence-corrected chi connectivity index (χ1v) is 5.90. The highest BCUT2D eigenvalue weighted by Gasteiger charge is 2.10. The van der Waals surface area contributed by atoms with Crippen molar-refractivity contribution in [1.82, 2.24) is 15.0 Å². The molecule has 2 N–H and O–H groups in total. The maximum atomic E-state index is 12.0. The molecule has 0 spiro atoms. The number of anilines is 1. The van der Waals surface area contributed by atoms with Crippen molar-refractivity contribution < 1.29 is 4.79 Å². The van der Waals surface area contributed by atoms with Crippen molar-refractivity contribution in [1.29, 1.82) is 0 Å². The van der Waals surface area contributed by atoms with Gasteiger partial charge in [0.15, 0.2) is 0 Å². The molecule has 0 radical (unpaired) electrons. The molecule has 0 aliphatic heterocycles. The van der Waals surface area contributed by atoms with Crippen molar-refractivity contribution in [3.05, 3.63) is 54.2 Å².